The molecule has 0 atom stereocenters. The molecule has 2 heterocycles. The molecule has 1 aliphatic carbocycles. The van der Waals surface area contributed by atoms with Gasteiger partial charge in [-0.05, 0) is 49.2 Å². The SMILES string of the molecule is Clc1ccc(-c2nc3nc4ccccc4nc3n2C2CCCC2)cc1. The molecule has 5 heteroatoms. The molecule has 5 rings (SSSR count). The fourth-order valence-electron chi connectivity index (χ4n) is 3.78. The lowest BCUT2D eigenvalue weighted by Crippen LogP contribution is -2.07. The topological polar surface area (TPSA) is 43.6 Å². The lowest BCUT2D eigenvalue weighted by atomic mass is 10.2. The minimum Gasteiger partial charge on any atom is -0.304 e. The molecule has 0 unspecified atom stereocenters. The van der Waals surface area contributed by atoms with Crippen molar-refractivity contribution in [3.8, 4) is 11.4 Å². The highest BCUT2D eigenvalue weighted by Crippen LogP contribution is 2.36. The predicted octanol–water partition coefficient (Wildman–Crippen LogP) is 5.42. The molecule has 0 bridgehead atoms. The van der Waals surface area contributed by atoms with E-state index in [1.54, 1.807) is 0 Å². The first-order valence-electron chi connectivity index (χ1n) is 8.70. The standard InChI is InChI=1S/C20H17ClN4/c21-14-11-9-13(10-12-14)19-24-18-20(25(19)15-5-1-2-6-15)23-17-8-4-3-7-16(17)22-18/h3-4,7-12,15H,1-2,5-6H2. The molecule has 1 aliphatic rings. The van der Waals surface area contributed by atoms with Gasteiger partial charge in [0, 0.05) is 16.6 Å². The smallest absolute Gasteiger partial charge is 0.198 e. The molecule has 25 heavy (non-hydrogen) atoms. The van der Waals surface area contributed by atoms with Crippen LogP contribution in [0, 0.1) is 0 Å². The van der Waals surface area contributed by atoms with E-state index in [0.29, 0.717) is 6.04 Å². The van der Waals surface area contributed by atoms with Crippen LogP contribution in [0.2, 0.25) is 5.02 Å². The second-order valence-corrected chi connectivity index (χ2v) is 7.05. The second-order valence-electron chi connectivity index (χ2n) is 6.61. The molecule has 1 saturated carbocycles. The molecule has 0 aliphatic heterocycles. The van der Waals surface area contributed by atoms with Crippen LogP contribution in [-0.4, -0.2) is 19.5 Å². The van der Waals surface area contributed by atoms with Gasteiger partial charge >= 0.3 is 0 Å². The van der Waals surface area contributed by atoms with Crippen LogP contribution in [0.4, 0.5) is 0 Å². The first-order valence-corrected chi connectivity index (χ1v) is 9.08. The summed E-state index contributed by atoms with van der Waals surface area (Å²) < 4.78 is 2.30. The van der Waals surface area contributed by atoms with Crippen molar-refractivity contribution >= 4 is 33.9 Å². The Morgan fingerprint density at radius 1 is 0.840 bits per heavy atom. The molecule has 0 amide bonds. The summed E-state index contributed by atoms with van der Waals surface area (Å²) in [5, 5.41) is 0.731. The lowest BCUT2D eigenvalue weighted by molar-refractivity contribution is 0.534. The monoisotopic (exact) mass is 348 g/mol. The maximum atomic E-state index is 6.06. The van der Waals surface area contributed by atoms with Crippen LogP contribution >= 0.6 is 11.6 Å². The summed E-state index contributed by atoms with van der Waals surface area (Å²) in [5.74, 6) is 0.939. The van der Waals surface area contributed by atoms with Gasteiger partial charge < -0.3 is 4.57 Å². The number of para-hydroxylation sites is 2. The van der Waals surface area contributed by atoms with Crippen LogP contribution in [0.15, 0.2) is 48.5 Å². The second kappa shape index (κ2) is 5.81. The normalized spacial score (nSPS) is 15.4. The molecule has 0 radical (unpaired) electrons. The van der Waals surface area contributed by atoms with E-state index in [0.717, 1.165) is 38.7 Å². The van der Waals surface area contributed by atoms with Crippen molar-refractivity contribution in [1.82, 2.24) is 19.5 Å². The highest BCUT2D eigenvalue weighted by molar-refractivity contribution is 6.30. The Labute approximate surface area is 150 Å². The van der Waals surface area contributed by atoms with Crippen LogP contribution < -0.4 is 0 Å². The van der Waals surface area contributed by atoms with E-state index in [4.69, 9.17) is 26.6 Å². The Morgan fingerprint density at radius 3 is 2.24 bits per heavy atom. The number of hydrogen-bond donors (Lipinski definition) is 0. The molecule has 0 N–H and O–H groups in total. The maximum absolute atomic E-state index is 6.06. The van der Waals surface area contributed by atoms with E-state index in [1.807, 2.05) is 48.5 Å². The third-order valence-electron chi connectivity index (χ3n) is 4.99. The number of nitrogens with zero attached hydrogens (tertiary/aromatic N) is 4. The van der Waals surface area contributed by atoms with Gasteiger partial charge in [-0.2, -0.15) is 0 Å². The maximum Gasteiger partial charge on any atom is 0.198 e. The van der Waals surface area contributed by atoms with Gasteiger partial charge in [0.25, 0.3) is 0 Å². The third kappa shape index (κ3) is 2.48. The van der Waals surface area contributed by atoms with Crippen molar-refractivity contribution in [3.05, 3.63) is 53.6 Å². The number of rotatable bonds is 2. The molecule has 4 nitrogen and oxygen atoms in total. The molecule has 0 saturated heterocycles. The zero-order valence-electron chi connectivity index (χ0n) is 13.7. The number of benzene rings is 2. The zero-order chi connectivity index (χ0) is 16.8. The number of aromatic nitrogens is 4. The van der Waals surface area contributed by atoms with E-state index in [-0.39, 0.29) is 0 Å². The van der Waals surface area contributed by atoms with Gasteiger partial charge in [0.1, 0.15) is 5.82 Å². The highest BCUT2D eigenvalue weighted by Gasteiger charge is 2.25. The summed E-state index contributed by atoms with van der Waals surface area (Å²) in [5.41, 5.74) is 4.46. The Balaban J connectivity index is 1.81. The summed E-state index contributed by atoms with van der Waals surface area (Å²) in [6, 6.07) is 16.3. The van der Waals surface area contributed by atoms with Crippen molar-refractivity contribution in [2.45, 2.75) is 31.7 Å². The first kappa shape index (κ1) is 14.8. The minimum atomic E-state index is 0.436. The molecule has 0 spiro atoms. The summed E-state index contributed by atoms with van der Waals surface area (Å²) >= 11 is 6.06. The zero-order valence-corrected chi connectivity index (χ0v) is 14.4. The van der Waals surface area contributed by atoms with Crippen molar-refractivity contribution in [3.63, 3.8) is 0 Å². The van der Waals surface area contributed by atoms with Gasteiger partial charge in [-0.3, -0.25) is 0 Å². The number of halogens is 1. The van der Waals surface area contributed by atoms with E-state index >= 15 is 0 Å². The molecule has 4 aromatic rings. The predicted molar refractivity (Wildman–Crippen MR) is 101 cm³/mol. The van der Waals surface area contributed by atoms with E-state index in [2.05, 4.69) is 4.57 Å². The fraction of sp³-hybridized carbons (Fsp3) is 0.250. The van der Waals surface area contributed by atoms with Crippen LogP contribution in [-0.2, 0) is 0 Å². The molecular formula is C20H17ClN4. The first-order chi connectivity index (χ1) is 12.3. The summed E-state index contributed by atoms with van der Waals surface area (Å²) in [4.78, 5) is 14.5. The lowest BCUT2D eigenvalue weighted by Gasteiger charge is -2.15. The van der Waals surface area contributed by atoms with E-state index in [1.165, 1.54) is 25.7 Å². The van der Waals surface area contributed by atoms with Gasteiger partial charge in [-0.25, -0.2) is 15.0 Å². The number of hydrogen-bond acceptors (Lipinski definition) is 3. The Morgan fingerprint density at radius 2 is 1.52 bits per heavy atom. The summed E-state index contributed by atoms with van der Waals surface area (Å²) in [6.45, 7) is 0. The summed E-state index contributed by atoms with van der Waals surface area (Å²) in [7, 11) is 0. The average molecular weight is 349 g/mol. The average Bonchev–Trinajstić information content (AvgIpc) is 3.27. The van der Waals surface area contributed by atoms with Crippen molar-refractivity contribution in [1.29, 1.82) is 0 Å². The van der Waals surface area contributed by atoms with Crippen LogP contribution in [0.3, 0.4) is 0 Å². The largest absolute Gasteiger partial charge is 0.304 e. The van der Waals surface area contributed by atoms with Crippen LogP contribution in [0.25, 0.3) is 33.7 Å². The van der Waals surface area contributed by atoms with Gasteiger partial charge in [-0.15, -0.1) is 0 Å². The molecule has 2 aromatic carbocycles. The molecule has 124 valence electrons. The Bertz CT molecular complexity index is 1060. The Kier molecular flexibility index (Phi) is 3.45. The van der Waals surface area contributed by atoms with Crippen molar-refractivity contribution in [2.24, 2.45) is 0 Å². The van der Waals surface area contributed by atoms with Gasteiger partial charge in [0.15, 0.2) is 11.3 Å². The van der Waals surface area contributed by atoms with Crippen LogP contribution in [0.1, 0.15) is 31.7 Å². The third-order valence-corrected chi connectivity index (χ3v) is 5.25. The van der Waals surface area contributed by atoms with Crippen molar-refractivity contribution in [2.75, 3.05) is 0 Å². The molecular weight excluding hydrogens is 332 g/mol. The molecule has 2 aromatic heterocycles. The van der Waals surface area contributed by atoms with Crippen LogP contribution in [0.5, 0.6) is 0 Å². The fourth-order valence-corrected chi connectivity index (χ4v) is 3.91. The van der Waals surface area contributed by atoms with Crippen molar-refractivity contribution < 1.29 is 0 Å². The Hall–Kier alpha value is -2.46. The summed E-state index contributed by atoms with van der Waals surface area (Å²) in [6.07, 6.45) is 4.85. The van der Waals surface area contributed by atoms with Gasteiger partial charge in [0.2, 0.25) is 0 Å². The number of fused-ring (bicyclic) bond motifs is 2. The highest BCUT2D eigenvalue weighted by atomic mass is 35.5. The van der Waals surface area contributed by atoms with Gasteiger partial charge in [-0.1, -0.05) is 36.6 Å². The van der Waals surface area contributed by atoms with E-state index < -0.39 is 0 Å². The number of imidazole rings is 1. The van der Waals surface area contributed by atoms with Gasteiger partial charge in [0.05, 0.1) is 11.0 Å². The van der Waals surface area contributed by atoms with E-state index in [9.17, 15) is 0 Å². The minimum absolute atomic E-state index is 0.436. The quantitative estimate of drug-likeness (QED) is 0.486. The molecule has 1 fully saturated rings.